The molecule has 0 radical (unpaired) electrons. The Kier molecular flexibility index (Phi) is 5.65. The molecule has 0 atom stereocenters. The zero-order valence-corrected chi connectivity index (χ0v) is 12.8. The van der Waals surface area contributed by atoms with Gasteiger partial charge in [-0.25, -0.2) is 0 Å². The summed E-state index contributed by atoms with van der Waals surface area (Å²) in [5.41, 5.74) is 0.727. The third-order valence-corrected chi connectivity index (χ3v) is 4.35. The van der Waals surface area contributed by atoms with Crippen molar-refractivity contribution in [3.63, 3.8) is 0 Å². The van der Waals surface area contributed by atoms with E-state index in [-0.39, 0.29) is 5.91 Å². The molecule has 112 valence electrons. The lowest BCUT2D eigenvalue weighted by molar-refractivity contribution is 0.0942. The molecule has 1 aliphatic rings. The van der Waals surface area contributed by atoms with E-state index in [9.17, 15) is 4.79 Å². The van der Waals surface area contributed by atoms with Crippen molar-refractivity contribution in [3.8, 4) is 0 Å². The number of aryl methyl sites for hydroxylation is 1. The van der Waals surface area contributed by atoms with Gasteiger partial charge in [-0.2, -0.15) is 0 Å². The van der Waals surface area contributed by atoms with Gasteiger partial charge in [-0.15, -0.1) is 0 Å². The molecule has 0 aromatic carbocycles. The van der Waals surface area contributed by atoms with Crippen LogP contribution in [-0.4, -0.2) is 41.6 Å². The Labute approximate surface area is 122 Å². The topological polar surface area (TPSA) is 37.3 Å². The highest BCUT2D eigenvalue weighted by Gasteiger charge is 2.17. The Morgan fingerprint density at radius 2 is 2.15 bits per heavy atom. The first-order chi connectivity index (χ1) is 9.68. The second-order valence-corrected chi connectivity index (χ2v) is 5.89. The van der Waals surface area contributed by atoms with Crippen molar-refractivity contribution in [3.05, 3.63) is 24.0 Å². The van der Waals surface area contributed by atoms with Crippen molar-refractivity contribution in [1.29, 1.82) is 0 Å². The van der Waals surface area contributed by atoms with Crippen molar-refractivity contribution in [2.75, 3.05) is 20.1 Å². The molecule has 1 aliphatic carbocycles. The Morgan fingerprint density at radius 3 is 2.80 bits per heavy atom. The minimum atomic E-state index is 0.0258. The van der Waals surface area contributed by atoms with Crippen LogP contribution in [-0.2, 0) is 7.05 Å². The number of rotatable bonds is 6. The first kappa shape index (κ1) is 15.1. The van der Waals surface area contributed by atoms with E-state index < -0.39 is 0 Å². The Morgan fingerprint density at radius 1 is 1.40 bits per heavy atom. The first-order valence-corrected chi connectivity index (χ1v) is 7.78. The molecule has 0 bridgehead atoms. The van der Waals surface area contributed by atoms with E-state index in [4.69, 9.17) is 0 Å². The quantitative estimate of drug-likeness (QED) is 0.811. The first-order valence-electron chi connectivity index (χ1n) is 7.78. The van der Waals surface area contributed by atoms with Crippen LogP contribution >= 0.6 is 0 Å². The van der Waals surface area contributed by atoms with E-state index in [1.54, 1.807) is 0 Å². The summed E-state index contributed by atoms with van der Waals surface area (Å²) in [6.45, 7) is 1.82. The van der Waals surface area contributed by atoms with Crippen molar-refractivity contribution < 1.29 is 4.79 Å². The molecule has 4 heteroatoms. The van der Waals surface area contributed by atoms with Crippen LogP contribution < -0.4 is 5.32 Å². The van der Waals surface area contributed by atoms with Crippen molar-refractivity contribution in [2.45, 2.75) is 44.6 Å². The van der Waals surface area contributed by atoms with Gasteiger partial charge in [-0.05, 0) is 45.0 Å². The van der Waals surface area contributed by atoms with Crippen LogP contribution in [0.1, 0.15) is 49.0 Å². The SMILES string of the molecule is CN(CCCNC(=O)c1cccn1C)C1CCCCC1. The lowest BCUT2D eigenvalue weighted by Crippen LogP contribution is -2.36. The maximum Gasteiger partial charge on any atom is 0.267 e. The van der Waals surface area contributed by atoms with Gasteiger partial charge < -0.3 is 14.8 Å². The molecule has 1 saturated carbocycles. The van der Waals surface area contributed by atoms with E-state index in [1.807, 2.05) is 29.9 Å². The number of nitrogens with zero attached hydrogens (tertiary/aromatic N) is 2. The average Bonchev–Trinajstić information content (AvgIpc) is 2.90. The highest BCUT2D eigenvalue weighted by atomic mass is 16.1. The van der Waals surface area contributed by atoms with Gasteiger partial charge in [0.1, 0.15) is 5.69 Å². The van der Waals surface area contributed by atoms with E-state index in [0.717, 1.165) is 31.2 Å². The maximum atomic E-state index is 11.9. The molecule has 2 rings (SSSR count). The number of carbonyl (C=O) groups is 1. The summed E-state index contributed by atoms with van der Waals surface area (Å²) in [6, 6.07) is 4.50. The number of carbonyl (C=O) groups excluding carboxylic acids is 1. The lowest BCUT2D eigenvalue weighted by atomic mass is 9.94. The number of hydrogen-bond acceptors (Lipinski definition) is 2. The van der Waals surface area contributed by atoms with Gasteiger partial charge in [0.2, 0.25) is 0 Å². The molecule has 0 aliphatic heterocycles. The summed E-state index contributed by atoms with van der Waals surface area (Å²) in [7, 11) is 4.11. The van der Waals surface area contributed by atoms with Crippen LogP contribution in [0.5, 0.6) is 0 Å². The molecule has 1 fully saturated rings. The predicted octanol–water partition coefficient (Wildman–Crippen LogP) is 2.41. The lowest BCUT2D eigenvalue weighted by Gasteiger charge is -2.31. The van der Waals surface area contributed by atoms with Gasteiger partial charge in [-0.3, -0.25) is 4.79 Å². The van der Waals surface area contributed by atoms with Crippen LogP contribution in [0.3, 0.4) is 0 Å². The Balaban J connectivity index is 1.63. The van der Waals surface area contributed by atoms with Gasteiger partial charge in [0, 0.05) is 25.8 Å². The highest BCUT2D eigenvalue weighted by Crippen LogP contribution is 2.21. The number of nitrogens with one attached hydrogen (secondary N) is 1. The summed E-state index contributed by atoms with van der Waals surface area (Å²) in [5, 5.41) is 3.00. The molecule has 1 aromatic heterocycles. The fourth-order valence-electron chi connectivity index (χ4n) is 3.02. The summed E-state index contributed by atoms with van der Waals surface area (Å²) in [4.78, 5) is 14.4. The third kappa shape index (κ3) is 4.10. The largest absolute Gasteiger partial charge is 0.351 e. The molecule has 0 saturated heterocycles. The second-order valence-electron chi connectivity index (χ2n) is 5.89. The number of aromatic nitrogens is 1. The predicted molar refractivity (Wildman–Crippen MR) is 81.9 cm³/mol. The number of hydrogen-bond donors (Lipinski definition) is 1. The minimum absolute atomic E-state index is 0.0258. The van der Waals surface area contributed by atoms with Crippen molar-refractivity contribution in [2.24, 2.45) is 7.05 Å². The molecule has 1 N–H and O–H groups in total. The van der Waals surface area contributed by atoms with Crippen LogP contribution in [0.2, 0.25) is 0 Å². The molecular weight excluding hydrogens is 250 g/mol. The molecule has 0 unspecified atom stereocenters. The summed E-state index contributed by atoms with van der Waals surface area (Å²) >= 11 is 0. The van der Waals surface area contributed by atoms with E-state index in [0.29, 0.717) is 0 Å². The Hall–Kier alpha value is -1.29. The summed E-state index contributed by atoms with van der Waals surface area (Å²) < 4.78 is 1.85. The van der Waals surface area contributed by atoms with Gasteiger partial charge in [0.25, 0.3) is 5.91 Å². The Bertz CT molecular complexity index is 421. The molecule has 1 amide bonds. The van der Waals surface area contributed by atoms with Crippen molar-refractivity contribution in [1.82, 2.24) is 14.8 Å². The number of amides is 1. The van der Waals surface area contributed by atoms with Crippen LogP contribution in [0.4, 0.5) is 0 Å². The van der Waals surface area contributed by atoms with Gasteiger partial charge >= 0.3 is 0 Å². The molecule has 0 spiro atoms. The fraction of sp³-hybridized carbons (Fsp3) is 0.688. The van der Waals surface area contributed by atoms with Gasteiger partial charge in [0.15, 0.2) is 0 Å². The average molecular weight is 277 g/mol. The van der Waals surface area contributed by atoms with E-state index in [1.165, 1.54) is 32.1 Å². The molecule has 20 heavy (non-hydrogen) atoms. The summed E-state index contributed by atoms with van der Waals surface area (Å²) in [5.74, 6) is 0.0258. The molecule has 1 aromatic rings. The van der Waals surface area contributed by atoms with E-state index in [2.05, 4.69) is 17.3 Å². The zero-order chi connectivity index (χ0) is 14.4. The van der Waals surface area contributed by atoms with Gasteiger partial charge in [0.05, 0.1) is 0 Å². The standard InChI is InChI=1S/C16H27N3O/c1-18(14-8-4-3-5-9-14)13-7-11-17-16(20)15-10-6-12-19(15)2/h6,10,12,14H,3-5,7-9,11,13H2,1-2H3,(H,17,20). The van der Waals surface area contributed by atoms with E-state index >= 15 is 0 Å². The van der Waals surface area contributed by atoms with Crippen LogP contribution in [0, 0.1) is 0 Å². The van der Waals surface area contributed by atoms with Gasteiger partial charge in [-0.1, -0.05) is 19.3 Å². The minimum Gasteiger partial charge on any atom is -0.351 e. The highest BCUT2D eigenvalue weighted by molar-refractivity contribution is 5.92. The second kappa shape index (κ2) is 7.48. The molecule has 4 nitrogen and oxygen atoms in total. The van der Waals surface area contributed by atoms with Crippen LogP contribution in [0.25, 0.3) is 0 Å². The zero-order valence-electron chi connectivity index (χ0n) is 12.8. The smallest absolute Gasteiger partial charge is 0.267 e. The summed E-state index contributed by atoms with van der Waals surface area (Å²) in [6.07, 6.45) is 9.74. The van der Waals surface area contributed by atoms with Crippen molar-refractivity contribution >= 4 is 5.91 Å². The third-order valence-electron chi connectivity index (χ3n) is 4.35. The monoisotopic (exact) mass is 277 g/mol. The normalized spacial score (nSPS) is 16.6. The molecule has 1 heterocycles. The fourth-order valence-corrected chi connectivity index (χ4v) is 3.02. The van der Waals surface area contributed by atoms with Crippen LogP contribution in [0.15, 0.2) is 18.3 Å². The maximum absolute atomic E-state index is 11.9. The molecular formula is C16H27N3O.